The summed E-state index contributed by atoms with van der Waals surface area (Å²) >= 11 is 2.05. The van der Waals surface area contributed by atoms with Crippen molar-refractivity contribution in [2.75, 3.05) is 25.4 Å². The van der Waals surface area contributed by atoms with E-state index < -0.39 is 0 Å². The summed E-state index contributed by atoms with van der Waals surface area (Å²) in [6, 6.07) is 7.32. The van der Waals surface area contributed by atoms with Gasteiger partial charge < -0.3 is 4.90 Å². The number of hydrogen-bond acceptors (Lipinski definition) is 2. The highest BCUT2D eigenvalue weighted by Gasteiger charge is 2.30. The fourth-order valence-electron chi connectivity index (χ4n) is 4.48. The molecule has 2 unspecified atom stereocenters. The zero-order valence-electron chi connectivity index (χ0n) is 14.2. The van der Waals surface area contributed by atoms with Crippen LogP contribution < -0.4 is 0 Å². The minimum absolute atomic E-state index is 0.0265. The Morgan fingerprint density at radius 2 is 1.96 bits per heavy atom. The van der Waals surface area contributed by atoms with Crippen molar-refractivity contribution in [1.82, 2.24) is 4.90 Å². The first-order chi connectivity index (χ1) is 11.8. The second-order valence-corrected chi connectivity index (χ2v) is 8.46. The average Bonchev–Trinajstić information content (AvgIpc) is 3.10. The van der Waals surface area contributed by atoms with Crippen molar-refractivity contribution in [2.45, 2.75) is 31.6 Å². The summed E-state index contributed by atoms with van der Waals surface area (Å²) in [6.07, 6.45) is 11.8. The fraction of sp³-hybridized carbons (Fsp3) is 0.524. The van der Waals surface area contributed by atoms with Gasteiger partial charge >= 0.3 is 0 Å². The van der Waals surface area contributed by atoms with Gasteiger partial charge in [0.25, 0.3) is 0 Å². The summed E-state index contributed by atoms with van der Waals surface area (Å²) in [6.45, 7) is 3.41. The molecule has 0 radical (unpaired) electrons. The molecule has 128 valence electrons. The maximum Gasteiger partial charge on any atom is 0.126 e. The highest BCUT2D eigenvalue weighted by atomic mass is 32.2. The highest BCUT2D eigenvalue weighted by molar-refractivity contribution is 8.03. The molecule has 0 spiro atoms. The molecule has 0 bridgehead atoms. The monoisotopic (exact) mass is 343 g/mol. The van der Waals surface area contributed by atoms with Crippen molar-refractivity contribution in [3.63, 3.8) is 0 Å². The van der Waals surface area contributed by atoms with Crippen LogP contribution in [0.4, 0.5) is 4.39 Å². The van der Waals surface area contributed by atoms with Crippen LogP contribution in [0.2, 0.25) is 0 Å². The number of allylic oxidation sites excluding steroid dienone is 4. The van der Waals surface area contributed by atoms with Gasteiger partial charge in [-0.15, -0.1) is 11.8 Å². The van der Waals surface area contributed by atoms with Crippen LogP contribution in [0.25, 0.3) is 0 Å². The molecule has 4 rings (SSSR count). The molecule has 2 atom stereocenters. The van der Waals surface area contributed by atoms with Crippen LogP contribution in [-0.4, -0.2) is 30.3 Å². The van der Waals surface area contributed by atoms with Gasteiger partial charge in [0, 0.05) is 0 Å². The lowest BCUT2D eigenvalue weighted by Gasteiger charge is -2.34. The molecule has 1 nitrogen and oxygen atoms in total. The van der Waals surface area contributed by atoms with E-state index in [0.29, 0.717) is 5.92 Å². The van der Waals surface area contributed by atoms with Crippen molar-refractivity contribution in [1.29, 1.82) is 0 Å². The summed E-state index contributed by atoms with van der Waals surface area (Å²) in [7, 11) is 0. The molecule has 1 aromatic carbocycles. The number of thioether (sulfide) groups is 1. The molecular weight excluding hydrogens is 317 g/mol. The predicted octanol–water partition coefficient (Wildman–Crippen LogP) is 5.22. The summed E-state index contributed by atoms with van der Waals surface area (Å²) < 4.78 is 14.0. The van der Waals surface area contributed by atoms with Crippen molar-refractivity contribution >= 4 is 11.8 Å². The van der Waals surface area contributed by atoms with E-state index in [-0.39, 0.29) is 5.82 Å². The molecule has 0 saturated carbocycles. The van der Waals surface area contributed by atoms with E-state index in [9.17, 15) is 4.39 Å². The maximum atomic E-state index is 14.0. The van der Waals surface area contributed by atoms with E-state index in [0.717, 1.165) is 43.3 Å². The number of halogens is 1. The maximum absolute atomic E-state index is 14.0. The lowest BCUT2D eigenvalue weighted by Crippen LogP contribution is -2.35. The molecule has 1 aromatic rings. The number of rotatable bonds is 4. The first-order valence-corrected chi connectivity index (χ1v) is 10.3. The van der Waals surface area contributed by atoms with Gasteiger partial charge in [0.2, 0.25) is 0 Å². The van der Waals surface area contributed by atoms with E-state index in [1.165, 1.54) is 25.1 Å². The van der Waals surface area contributed by atoms with E-state index in [1.54, 1.807) is 17.0 Å². The number of likely N-dealkylation sites (tertiary alicyclic amines) is 1. The van der Waals surface area contributed by atoms with E-state index >= 15 is 0 Å². The number of hydrogen-bond donors (Lipinski definition) is 0. The zero-order chi connectivity index (χ0) is 16.4. The molecule has 2 fully saturated rings. The average molecular weight is 344 g/mol. The van der Waals surface area contributed by atoms with Gasteiger partial charge in [-0.05, 0) is 85.4 Å². The van der Waals surface area contributed by atoms with Gasteiger partial charge in [-0.3, -0.25) is 0 Å². The number of benzene rings is 1. The van der Waals surface area contributed by atoms with Crippen LogP contribution in [-0.2, 0) is 0 Å². The molecule has 3 aliphatic rings. The molecule has 0 N–H and O–H groups in total. The van der Waals surface area contributed by atoms with Crippen LogP contribution in [0.5, 0.6) is 0 Å². The Balaban J connectivity index is 1.27. The SMILES string of the molecule is Fc1ccccc1C1CCN(CCC2C=CC=C3SCCC32)CC1. The first-order valence-electron chi connectivity index (χ1n) is 9.29. The van der Waals surface area contributed by atoms with Crippen molar-refractivity contribution in [3.05, 3.63) is 58.8 Å². The van der Waals surface area contributed by atoms with Crippen LogP contribution in [0.3, 0.4) is 0 Å². The Morgan fingerprint density at radius 3 is 2.79 bits per heavy atom. The van der Waals surface area contributed by atoms with Gasteiger partial charge in [0.15, 0.2) is 0 Å². The molecule has 2 aliphatic heterocycles. The largest absolute Gasteiger partial charge is 0.303 e. The van der Waals surface area contributed by atoms with Gasteiger partial charge in [0.05, 0.1) is 0 Å². The minimum atomic E-state index is -0.0265. The Kier molecular flexibility index (Phi) is 5.09. The quantitative estimate of drug-likeness (QED) is 0.737. The number of nitrogens with zero attached hydrogens (tertiary/aromatic N) is 1. The van der Waals surface area contributed by atoms with Gasteiger partial charge in [-0.1, -0.05) is 36.4 Å². The Morgan fingerprint density at radius 1 is 1.12 bits per heavy atom. The van der Waals surface area contributed by atoms with Gasteiger partial charge in [0.1, 0.15) is 5.82 Å². The van der Waals surface area contributed by atoms with Crippen LogP contribution in [0.1, 0.15) is 37.2 Å². The molecule has 2 saturated heterocycles. The number of piperidine rings is 1. The van der Waals surface area contributed by atoms with E-state index in [4.69, 9.17) is 0 Å². The lowest BCUT2D eigenvalue weighted by atomic mass is 9.83. The normalized spacial score (nSPS) is 28.0. The topological polar surface area (TPSA) is 3.24 Å². The second kappa shape index (κ2) is 7.45. The lowest BCUT2D eigenvalue weighted by molar-refractivity contribution is 0.196. The Hall–Kier alpha value is -1.06. The third-order valence-corrected chi connectivity index (χ3v) is 7.12. The standard InChI is InChI=1S/C21H26FNS/c22-20-6-2-1-5-18(20)17-9-13-23(14-10-17)12-8-16-4-3-7-21-19(16)11-15-24-21/h1-7,16-17,19H,8-15H2. The molecule has 3 heteroatoms. The second-order valence-electron chi connectivity index (χ2n) is 7.29. The third kappa shape index (κ3) is 3.48. The first kappa shape index (κ1) is 16.4. The molecule has 24 heavy (non-hydrogen) atoms. The molecule has 0 aromatic heterocycles. The van der Waals surface area contributed by atoms with Crippen LogP contribution >= 0.6 is 11.8 Å². The smallest absolute Gasteiger partial charge is 0.126 e. The number of fused-ring (bicyclic) bond motifs is 1. The Labute approximate surface area is 149 Å². The molecule has 1 aliphatic carbocycles. The van der Waals surface area contributed by atoms with Gasteiger partial charge in [-0.2, -0.15) is 0 Å². The van der Waals surface area contributed by atoms with Gasteiger partial charge in [-0.25, -0.2) is 4.39 Å². The molecular formula is C21H26FNS. The summed E-state index contributed by atoms with van der Waals surface area (Å²) in [5.74, 6) is 3.18. The zero-order valence-corrected chi connectivity index (χ0v) is 15.0. The molecule has 2 heterocycles. The van der Waals surface area contributed by atoms with E-state index in [2.05, 4.69) is 34.9 Å². The predicted molar refractivity (Wildman–Crippen MR) is 101 cm³/mol. The van der Waals surface area contributed by atoms with E-state index in [1.807, 2.05) is 12.1 Å². The van der Waals surface area contributed by atoms with Crippen molar-refractivity contribution in [2.24, 2.45) is 11.8 Å². The van der Waals surface area contributed by atoms with Crippen LogP contribution in [0, 0.1) is 17.7 Å². The van der Waals surface area contributed by atoms with Crippen LogP contribution in [0.15, 0.2) is 47.4 Å². The summed E-state index contributed by atoms with van der Waals surface area (Å²) in [5.41, 5.74) is 0.921. The van der Waals surface area contributed by atoms with Crippen molar-refractivity contribution in [3.8, 4) is 0 Å². The third-order valence-electron chi connectivity index (χ3n) is 5.91. The minimum Gasteiger partial charge on any atom is -0.303 e. The highest BCUT2D eigenvalue weighted by Crippen LogP contribution is 2.44. The summed E-state index contributed by atoms with van der Waals surface area (Å²) in [4.78, 5) is 4.20. The molecule has 0 amide bonds. The summed E-state index contributed by atoms with van der Waals surface area (Å²) in [5, 5.41) is 0. The van der Waals surface area contributed by atoms with Crippen molar-refractivity contribution < 1.29 is 4.39 Å². The fourth-order valence-corrected chi connectivity index (χ4v) is 5.77. The Bertz CT molecular complexity index is 630.